The largest absolute Gasteiger partial charge is 0.472 e. The van der Waals surface area contributed by atoms with Crippen molar-refractivity contribution in [1.82, 2.24) is 0 Å². The molecule has 0 aliphatic heterocycles. The number of unbranched alkanes of at least 4 members (excludes halogenated alkanes) is 67. The third-order valence-corrected chi connectivity index (χ3v) is 25.1. The minimum Gasteiger partial charge on any atom is -0.462 e. The zero-order valence-electron chi connectivity index (χ0n) is 77.5. The summed E-state index contributed by atoms with van der Waals surface area (Å²) in [6.45, 7) is 9.76. The molecule has 0 fully saturated rings. The van der Waals surface area contributed by atoms with Crippen molar-refractivity contribution in [2.45, 2.75) is 554 Å². The lowest BCUT2D eigenvalue weighted by molar-refractivity contribution is -0.161. The van der Waals surface area contributed by atoms with Crippen molar-refractivity contribution in [1.29, 1.82) is 0 Å². The van der Waals surface area contributed by atoms with E-state index in [1.165, 1.54) is 353 Å². The van der Waals surface area contributed by atoms with Crippen molar-refractivity contribution in [3.05, 3.63) is 0 Å². The zero-order valence-corrected chi connectivity index (χ0v) is 79.3. The number of carbonyl (C=O) groups is 4. The molecule has 696 valence electrons. The van der Waals surface area contributed by atoms with Gasteiger partial charge in [0.1, 0.15) is 19.3 Å². The van der Waals surface area contributed by atoms with Crippen molar-refractivity contribution in [2.75, 3.05) is 39.6 Å². The van der Waals surface area contributed by atoms with Crippen molar-refractivity contribution in [3.63, 3.8) is 0 Å². The summed E-state index contributed by atoms with van der Waals surface area (Å²) >= 11 is 0. The minimum absolute atomic E-state index is 0.108. The molecule has 0 aliphatic carbocycles. The molecule has 2 unspecified atom stereocenters. The van der Waals surface area contributed by atoms with Gasteiger partial charge in [-0.15, -0.1) is 0 Å². The number of esters is 4. The summed E-state index contributed by atoms with van der Waals surface area (Å²) in [5.41, 5.74) is 0. The van der Waals surface area contributed by atoms with E-state index in [2.05, 4.69) is 41.5 Å². The van der Waals surface area contributed by atoms with Gasteiger partial charge in [0, 0.05) is 25.7 Å². The van der Waals surface area contributed by atoms with Gasteiger partial charge >= 0.3 is 39.5 Å². The number of aliphatic hydroxyl groups excluding tert-OH is 1. The fraction of sp³-hybridized carbons (Fsp3) is 0.959. The van der Waals surface area contributed by atoms with Gasteiger partial charge in [-0.1, -0.05) is 485 Å². The van der Waals surface area contributed by atoms with Crippen LogP contribution >= 0.6 is 15.6 Å². The highest BCUT2D eigenvalue weighted by atomic mass is 31.2. The Labute approximate surface area is 721 Å². The average Bonchev–Trinajstić information content (AvgIpc) is 0.894. The predicted octanol–water partition coefficient (Wildman–Crippen LogP) is 30.9. The smallest absolute Gasteiger partial charge is 0.462 e. The van der Waals surface area contributed by atoms with Crippen LogP contribution in [0, 0.1) is 11.8 Å². The average molecular weight is 1700 g/mol. The van der Waals surface area contributed by atoms with E-state index in [0.29, 0.717) is 25.7 Å². The molecule has 0 rings (SSSR count). The number of hydrogen-bond donors (Lipinski definition) is 3. The van der Waals surface area contributed by atoms with Crippen LogP contribution in [0.1, 0.15) is 536 Å². The van der Waals surface area contributed by atoms with Crippen LogP contribution in [0.4, 0.5) is 0 Å². The van der Waals surface area contributed by atoms with Crippen molar-refractivity contribution in [3.8, 4) is 0 Å². The van der Waals surface area contributed by atoms with E-state index in [0.717, 1.165) is 102 Å². The summed E-state index contributed by atoms with van der Waals surface area (Å²) in [5, 5.41) is 10.7. The molecule has 0 aromatic heterocycles. The Morgan fingerprint density at radius 1 is 0.231 bits per heavy atom. The third kappa shape index (κ3) is 91.6. The normalized spacial score (nSPS) is 13.6. The predicted molar refractivity (Wildman–Crippen MR) is 488 cm³/mol. The van der Waals surface area contributed by atoms with Crippen LogP contribution in [0.15, 0.2) is 0 Å². The second-order valence-electron chi connectivity index (χ2n) is 36.1. The van der Waals surface area contributed by atoms with E-state index in [1.54, 1.807) is 0 Å². The monoisotopic (exact) mass is 1700 g/mol. The number of phosphoric acid groups is 2. The molecular formula is C98H192O17P2. The van der Waals surface area contributed by atoms with Crippen molar-refractivity contribution in [2.24, 2.45) is 11.8 Å². The van der Waals surface area contributed by atoms with E-state index in [1.807, 2.05) is 0 Å². The van der Waals surface area contributed by atoms with Gasteiger partial charge in [-0.3, -0.25) is 37.3 Å². The fourth-order valence-electron chi connectivity index (χ4n) is 15.5. The molecule has 0 spiro atoms. The summed E-state index contributed by atoms with van der Waals surface area (Å²) in [6.07, 6.45) is 86.5. The van der Waals surface area contributed by atoms with Crippen molar-refractivity contribution >= 4 is 39.5 Å². The molecule has 0 radical (unpaired) electrons. The van der Waals surface area contributed by atoms with Crippen LogP contribution in [0.2, 0.25) is 0 Å². The maximum Gasteiger partial charge on any atom is 0.472 e. The lowest BCUT2D eigenvalue weighted by atomic mass is 10.0. The summed E-state index contributed by atoms with van der Waals surface area (Å²) in [5.74, 6) is -0.526. The van der Waals surface area contributed by atoms with E-state index < -0.39 is 97.5 Å². The quantitative estimate of drug-likeness (QED) is 0.0222. The molecule has 117 heavy (non-hydrogen) atoms. The molecule has 5 atom stereocenters. The van der Waals surface area contributed by atoms with E-state index in [4.69, 9.17) is 37.0 Å². The topological polar surface area (TPSA) is 237 Å². The number of carbonyl (C=O) groups excluding carboxylic acids is 4. The standard InChI is InChI=1S/C98H192O17P2/c1-7-9-11-13-15-17-19-21-23-25-27-29-31-33-38-42-46-50-56-62-68-74-80-95(100)108-86-93(114-97(102)82-76-70-64-57-51-47-43-39-34-32-30-28-26-24-22-20-18-16-14-12-10-8-2)88-112-116(104,105)110-84-92(99)85-111-117(106,107)113-89-94(87-109-96(101)81-75-69-63-59-53-55-61-67-73-79-91(5)6)115-98(103)83-77-71-65-58-52-48-44-40-36-35-37-41-45-49-54-60-66-72-78-90(3)4/h90-94,99H,7-89H2,1-6H3,(H,104,105)(H,106,107)/t92-,93-,94-/m1/s1. The zero-order chi connectivity index (χ0) is 85.5. The van der Waals surface area contributed by atoms with Crippen LogP contribution < -0.4 is 0 Å². The molecule has 0 saturated carbocycles. The van der Waals surface area contributed by atoms with Gasteiger partial charge in [-0.2, -0.15) is 0 Å². The number of ether oxygens (including phenoxy) is 4. The third-order valence-electron chi connectivity index (χ3n) is 23.2. The van der Waals surface area contributed by atoms with Crippen LogP contribution in [0.5, 0.6) is 0 Å². The molecule has 17 nitrogen and oxygen atoms in total. The van der Waals surface area contributed by atoms with Gasteiger partial charge in [0.05, 0.1) is 26.4 Å². The van der Waals surface area contributed by atoms with Crippen molar-refractivity contribution < 1.29 is 80.2 Å². The molecular weight excluding hydrogens is 1510 g/mol. The summed E-state index contributed by atoms with van der Waals surface area (Å²) in [7, 11) is -9.95. The van der Waals surface area contributed by atoms with Crippen LogP contribution in [-0.2, 0) is 65.4 Å². The van der Waals surface area contributed by atoms with Gasteiger partial charge < -0.3 is 33.8 Å². The van der Waals surface area contributed by atoms with Gasteiger partial charge in [0.2, 0.25) is 0 Å². The van der Waals surface area contributed by atoms with E-state index >= 15 is 0 Å². The molecule has 0 aromatic rings. The van der Waals surface area contributed by atoms with Crippen LogP contribution in [0.25, 0.3) is 0 Å². The number of rotatable bonds is 97. The lowest BCUT2D eigenvalue weighted by Crippen LogP contribution is -2.30. The SMILES string of the molecule is CCCCCCCCCCCCCCCCCCCCCCCCC(=O)OC[C@H](COP(=O)(O)OC[C@@H](O)COP(=O)(O)OC[C@@H](COC(=O)CCCCCCCCCCCC(C)C)OC(=O)CCCCCCCCCCCCCCCCCCCCC(C)C)OC(=O)CCCCCCCCCCCCCCCCCCCCCCCC. The Bertz CT molecular complexity index is 2220. The Balaban J connectivity index is 5.23. The van der Waals surface area contributed by atoms with E-state index in [-0.39, 0.29) is 25.7 Å². The maximum atomic E-state index is 13.2. The van der Waals surface area contributed by atoms with E-state index in [9.17, 15) is 43.2 Å². The second kappa shape index (κ2) is 88.9. The highest BCUT2D eigenvalue weighted by Gasteiger charge is 2.31. The molecule has 0 aromatic carbocycles. The molecule has 0 amide bonds. The van der Waals surface area contributed by atoms with Crippen LogP contribution in [0.3, 0.4) is 0 Å². The molecule has 0 heterocycles. The first-order valence-corrected chi connectivity index (χ1v) is 53.5. The first-order valence-electron chi connectivity index (χ1n) is 50.5. The second-order valence-corrected chi connectivity index (χ2v) is 39.0. The fourth-order valence-corrected chi connectivity index (χ4v) is 17.1. The van der Waals surface area contributed by atoms with Gasteiger partial charge in [0.25, 0.3) is 0 Å². The highest BCUT2D eigenvalue weighted by Crippen LogP contribution is 2.45. The molecule has 0 bridgehead atoms. The first-order chi connectivity index (χ1) is 56.9. The lowest BCUT2D eigenvalue weighted by Gasteiger charge is -2.21. The molecule has 0 aliphatic rings. The molecule has 0 saturated heterocycles. The highest BCUT2D eigenvalue weighted by molar-refractivity contribution is 7.47. The maximum absolute atomic E-state index is 13.2. The Morgan fingerprint density at radius 2 is 0.393 bits per heavy atom. The Hall–Kier alpha value is -1.94. The van der Waals surface area contributed by atoms with Gasteiger partial charge in [-0.25, -0.2) is 9.13 Å². The Kier molecular flexibility index (Phi) is 87.4. The summed E-state index contributed by atoms with van der Waals surface area (Å²) < 4.78 is 69.3. The van der Waals surface area contributed by atoms with Crippen LogP contribution in [-0.4, -0.2) is 96.7 Å². The minimum atomic E-state index is -4.97. The molecule has 19 heteroatoms. The summed E-state index contributed by atoms with van der Waals surface area (Å²) in [4.78, 5) is 73.6. The Morgan fingerprint density at radius 3 is 0.581 bits per heavy atom. The molecule has 3 N–H and O–H groups in total. The van der Waals surface area contributed by atoms with Gasteiger partial charge in [0.15, 0.2) is 12.2 Å². The van der Waals surface area contributed by atoms with Gasteiger partial charge in [-0.05, 0) is 37.5 Å². The number of phosphoric ester groups is 2. The first kappa shape index (κ1) is 115. The number of aliphatic hydroxyl groups is 1. The summed E-state index contributed by atoms with van der Waals surface area (Å²) in [6, 6.07) is 0. The number of hydrogen-bond acceptors (Lipinski definition) is 15.